The minimum Gasteiger partial charge on any atom is -0.394 e. The van der Waals surface area contributed by atoms with Gasteiger partial charge < -0.3 is 15.2 Å². The van der Waals surface area contributed by atoms with Crippen LogP contribution in [0.1, 0.15) is 51.9 Å². The summed E-state index contributed by atoms with van der Waals surface area (Å²) >= 11 is 0. The van der Waals surface area contributed by atoms with E-state index in [0.29, 0.717) is 18.6 Å². The van der Waals surface area contributed by atoms with Crippen molar-refractivity contribution in [3.63, 3.8) is 0 Å². The normalized spacial score (nSPS) is 23.6. The number of rotatable bonds is 10. The van der Waals surface area contributed by atoms with E-state index in [9.17, 15) is 5.11 Å². The lowest BCUT2D eigenvalue weighted by atomic mass is 9.95. The smallest absolute Gasteiger partial charge is 0.0681 e. The number of aliphatic hydroxyl groups is 1. The molecule has 17 heavy (non-hydrogen) atoms. The van der Waals surface area contributed by atoms with Crippen molar-refractivity contribution in [3.8, 4) is 0 Å². The Kier molecular flexibility index (Phi) is 4.83. The number of aliphatic hydroxyl groups excluding tert-OH is 1. The van der Waals surface area contributed by atoms with Crippen molar-refractivity contribution in [2.45, 2.75) is 63.5 Å². The largest absolute Gasteiger partial charge is 0.394 e. The van der Waals surface area contributed by atoms with E-state index in [1.54, 1.807) is 0 Å². The van der Waals surface area contributed by atoms with Crippen molar-refractivity contribution in [3.05, 3.63) is 0 Å². The molecular formula is C14H27NO2. The van der Waals surface area contributed by atoms with E-state index < -0.39 is 0 Å². The Balaban J connectivity index is 1.73. The van der Waals surface area contributed by atoms with Gasteiger partial charge in [-0.2, -0.15) is 0 Å². The summed E-state index contributed by atoms with van der Waals surface area (Å²) in [6, 6.07) is 0.641. The number of hydrogen-bond donors (Lipinski definition) is 2. The van der Waals surface area contributed by atoms with E-state index in [4.69, 9.17) is 4.74 Å². The summed E-state index contributed by atoms with van der Waals surface area (Å²) in [4.78, 5) is 0. The molecule has 0 aliphatic heterocycles. The summed E-state index contributed by atoms with van der Waals surface area (Å²) in [6.45, 7) is 3.96. The van der Waals surface area contributed by atoms with Crippen molar-refractivity contribution in [1.82, 2.24) is 5.32 Å². The summed E-state index contributed by atoms with van der Waals surface area (Å²) < 4.78 is 5.80. The molecule has 3 nitrogen and oxygen atoms in total. The molecule has 0 aromatic rings. The predicted octanol–water partition coefficient (Wildman–Crippen LogP) is 2.09. The zero-order valence-corrected chi connectivity index (χ0v) is 11.1. The van der Waals surface area contributed by atoms with Crippen molar-refractivity contribution < 1.29 is 9.84 Å². The maximum absolute atomic E-state index is 9.72. The predicted molar refractivity (Wildman–Crippen MR) is 69.0 cm³/mol. The van der Waals surface area contributed by atoms with Crippen LogP contribution in [0.15, 0.2) is 0 Å². The standard InChI is InChI=1S/C14H27NO2/c1-2-3-4-9-17-11-14(10-16,12-5-6-12)15-13-7-8-13/h12-13,15-16H,2-11H2,1H3. The third-order valence-corrected chi connectivity index (χ3v) is 3.96. The van der Waals surface area contributed by atoms with Gasteiger partial charge in [-0.15, -0.1) is 0 Å². The highest BCUT2D eigenvalue weighted by atomic mass is 16.5. The fraction of sp³-hybridized carbons (Fsp3) is 1.00. The molecular weight excluding hydrogens is 214 g/mol. The monoisotopic (exact) mass is 241 g/mol. The van der Waals surface area contributed by atoms with Crippen LogP contribution in [0.2, 0.25) is 0 Å². The summed E-state index contributed by atoms with van der Waals surface area (Å²) in [7, 11) is 0. The lowest BCUT2D eigenvalue weighted by Gasteiger charge is -2.33. The van der Waals surface area contributed by atoms with Crippen LogP contribution in [0.4, 0.5) is 0 Å². The van der Waals surface area contributed by atoms with Crippen LogP contribution in [0, 0.1) is 5.92 Å². The van der Waals surface area contributed by atoms with Crippen LogP contribution in [-0.2, 0) is 4.74 Å². The Morgan fingerprint density at radius 3 is 2.53 bits per heavy atom. The Bertz CT molecular complexity index is 226. The molecule has 1 unspecified atom stereocenters. The third-order valence-electron chi connectivity index (χ3n) is 3.96. The quantitative estimate of drug-likeness (QED) is 0.575. The molecule has 0 amide bonds. The van der Waals surface area contributed by atoms with Crippen LogP contribution in [-0.4, -0.2) is 36.5 Å². The minimum absolute atomic E-state index is 0.132. The second-order valence-electron chi connectivity index (χ2n) is 5.77. The Hall–Kier alpha value is -0.120. The van der Waals surface area contributed by atoms with Gasteiger partial charge in [0, 0.05) is 12.6 Å². The van der Waals surface area contributed by atoms with Gasteiger partial charge in [0.15, 0.2) is 0 Å². The lowest BCUT2D eigenvalue weighted by Crippen LogP contribution is -2.55. The number of ether oxygens (including phenoxy) is 1. The zero-order valence-electron chi connectivity index (χ0n) is 11.1. The van der Waals surface area contributed by atoms with E-state index in [1.807, 2.05) is 0 Å². The zero-order chi connectivity index (χ0) is 12.1. The van der Waals surface area contributed by atoms with E-state index >= 15 is 0 Å². The number of nitrogens with one attached hydrogen (secondary N) is 1. The van der Waals surface area contributed by atoms with Gasteiger partial charge in [0.05, 0.1) is 18.8 Å². The molecule has 1 atom stereocenters. The van der Waals surface area contributed by atoms with E-state index in [1.165, 1.54) is 38.5 Å². The highest BCUT2D eigenvalue weighted by molar-refractivity contribution is 5.04. The first-order valence-electron chi connectivity index (χ1n) is 7.27. The van der Waals surface area contributed by atoms with E-state index in [2.05, 4.69) is 12.2 Å². The first-order chi connectivity index (χ1) is 8.30. The van der Waals surface area contributed by atoms with Crippen LogP contribution in [0.5, 0.6) is 0 Å². The maximum Gasteiger partial charge on any atom is 0.0681 e. The van der Waals surface area contributed by atoms with Gasteiger partial charge in [-0.25, -0.2) is 0 Å². The van der Waals surface area contributed by atoms with Gasteiger partial charge in [-0.3, -0.25) is 0 Å². The topological polar surface area (TPSA) is 41.5 Å². The average Bonchev–Trinajstić information content (AvgIpc) is 3.18. The molecule has 0 heterocycles. The van der Waals surface area contributed by atoms with Crippen LogP contribution in [0.3, 0.4) is 0 Å². The van der Waals surface area contributed by atoms with E-state index in [-0.39, 0.29) is 12.1 Å². The van der Waals surface area contributed by atoms with Gasteiger partial charge in [0.2, 0.25) is 0 Å². The maximum atomic E-state index is 9.72. The summed E-state index contributed by atoms with van der Waals surface area (Å²) in [5.74, 6) is 0.638. The number of unbranched alkanes of at least 4 members (excludes halogenated alkanes) is 2. The Morgan fingerprint density at radius 2 is 2.00 bits per heavy atom. The molecule has 0 radical (unpaired) electrons. The molecule has 0 bridgehead atoms. The molecule has 0 aromatic carbocycles. The molecule has 2 rings (SSSR count). The van der Waals surface area contributed by atoms with Gasteiger partial charge in [-0.05, 0) is 38.0 Å². The second kappa shape index (κ2) is 6.17. The molecule has 2 N–H and O–H groups in total. The molecule has 100 valence electrons. The molecule has 2 saturated carbocycles. The fourth-order valence-corrected chi connectivity index (χ4v) is 2.48. The Morgan fingerprint density at radius 1 is 1.24 bits per heavy atom. The van der Waals surface area contributed by atoms with Gasteiger partial charge >= 0.3 is 0 Å². The second-order valence-corrected chi connectivity index (χ2v) is 5.77. The average molecular weight is 241 g/mol. The minimum atomic E-state index is -0.132. The summed E-state index contributed by atoms with van der Waals surface area (Å²) in [5, 5.41) is 13.4. The first kappa shape index (κ1) is 13.3. The third kappa shape index (κ3) is 3.94. The summed E-state index contributed by atoms with van der Waals surface area (Å²) in [6.07, 6.45) is 8.65. The molecule has 2 aliphatic rings. The molecule has 2 fully saturated rings. The molecule has 0 aromatic heterocycles. The van der Waals surface area contributed by atoms with Gasteiger partial charge in [-0.1, -0.05) is 19.8 Å². The van der Waals surface area contributed by atoms with Gasteiger partial charge in [0.25, 0.3) is 0 Å². The van der Waals surface area contributed by atoms with Crippen LogP contribution >= 0.6 is 0 Å². The van der Waals surface area contributed by atoms with Crippen molar-refractivity contribution in [1.29, 1.82) is 0 Å². The highest BCUT2D eigenvalue weighted by Gasteiger charge is 2.47. The number of hydrogen-bond acceptors (Lipinski definition) is 3. The molecule has 0 spiro atoms. The fourth-order valence-electron chi connectivity index (χ4n) is 2.48. The van der Waals surface area contributed by atoms with Crippen molar-refractivity contribution in [2.24, 2.45) is 5.92 Å². The SMILES string of the molecule is CCCCCOCC(CO)(NC1CC1)C1CC1. The molecule has 3 heteroatoms. The first-order valence-corrected chi connectivity index (χ1v) is 7.27. The Labute approximate surface area is 105 Å². The highest BCUT2D eigenvalue weighted by Crippen LogP contribution is 2.41. The van der Waals surface area contributed by atoms with Gasteiger partial charge in [0.1, 0.15) is 0 Å². The van der Waals surface area contributed by atoms with Crippen LogP contribution < -0.4 is 5.32 Å². The van der Waals surface area contributed by atoms with Crippen LogP contribution in [0.25, 0.3) is 0 Å². The molecule has 0 saturated heterocycles. The lowest BCUT2D eigenvalue weighted by molar-refractivity contribution is 0.0212. The van der Waals surface area contributed by atoms with Crippen molar-refractivity contribution in [2.75, 3.05) is 19.8 Å². The van der Waals surface area contributed by atoms with Crippen molar-refractivity contribution >= 4 is 0 Å². The molecule has 2 aliphatic carbocycles. The summed E-state index contributed by atoms with van der Waals surface area (Å²) in [5.41, 5.74) is -0.132. The van der Waals surface area contributed by atoms with E-state index in [0.717, 1.165) is 13.0 Å².